The third kappa shape index (κ3) is 4.75. The fourth-order valence-electron chi connectivity index (χ4n) is 6.00. The monoisotopic (exact) mass is 563 g/mol. The van der Waals surface area contributed by atoms with E-state index in [4.69, 9.17) is 5.26 Å². The van der Waals surface area contributed by atoms with Gasteiger partial charge in [-0.05, 0) is 78.9 Å². The van der Waals surface area contributed by atoms with Gasteiger partial charge in [0.05, 0.1) is 33.9 Å². The first kappa shape index (κ1) is 26.7. The lowest BCUT2D eigenvalue weighted by Gasteiger charge is -2.32. The summed E-state index contributed by atoms with van der Waals surface area (Å²) < 4.78 is 32.4. The van der Waals surface area contributed by atoms with Gasteiger partial charge >= 0.3 is 0 Å². The maximum absolute atomic E-state index is 13.7. The van der Waals surface area contributed by atoms with Crippen molar-refractivity contribution in [2.75, 3.05) is 13.1 Å². The summed E-state index contributed by atoms with van der Waals surface area (Å²) in [6, 6.07) is 25.9. The van der Waals surface area contributed by atoms with Crippen molar-refractivity contribution >= 4 is 20.9 Å². The number of pyridine rings is 1. The Morgan fingerprint density at radius 1 is 1.02 bits per heavy atom. The fourth-order valence-corrected chi connectivity index (χ4v) is 7.52. The smallest absolute Gasteiger partial charge is 0.250 e. The SMILES string of the molecule is Cc1cc2c(cnn2-c2ccc(=O)n(C)c2)cc1C1(Cc2ccccc2)CCN(S(=O)(=O)c2ccc(C#N)cc2)C1. The molecule has 206 valence electrons. The van der Waals surface area contributed by atoms with Gasteiger partial charge in [-0.2, -0.15) is 14.7 Å². The number of aromatic nitrogens is 3. The number of nitrogens with zero attached hydrogens (tertiary/aromatic N) is 5. The third-order valence-corrected chi connectivity index (χ3v) is 9.98. The zero-order chi connectivity index (χ0) is 28.8. The zero-order valence-corrected chi connectivity index (χ0v) is 23.7. The lowest BCUT2D eigenvalue weighted by Crippen LogP contribution is -2.36. The first-order valence-electron chi connectivity index (χ1n) is 13.4. The first-order chi connectivity index (χ1) is 19.7. The maximum Gasteiger partial charge on any atom is 0.250 e. The van der Waals surface area contributed by atoms with Gasteiger partial charge in [0.25, 0.3) is 0 Å². The molecule has 0 bridgehead atoms. The zero-order valence-electron chi connectivity index (χ0n) is 22.9. The predicted molar refractivity (Wildman–Crippen MR) is 157 cm³/mol. The van der Waals surface area contributed by atoms with Crippen molar-refractivity contribution in [3.63, 3.8) is 0 Å². The Kier molecular flexibility index (Phi) is 6.60. The van der Waals surface area contributed by atoms with Gasteiger partial charge in [0, 0.05) is 43.2 Å². The molecule has 3 heterocycles. The Balaban J connectivity index is 1.43. The summed E-state index contributed by atoms with van der Waals surface area (Å²) in [7, 11) is -2.04. The molecule has 3 aromatic carbocycles. The first-order valence-corrected chi connectivity index (χ1v) is 14.8. The van der Waals surface area contributed by atoms with Crippen LogP contribution in [-0.2, 0) is 28.9 Å². The summed E-state index contributed by atoms with van der Waals surface area (Å²) in [5.74, 6) is 0. The van der Waals surface area contributed by atoms with E-state index in [1.807, 2.05) is 35.1 Å². The Morgan fingerprint density at radius 3 is 2.49 bits per heavy atom. The van der Waals surface area contributed by atoms with Crippen LogP contribution in [0.25, 0.3) is 16.6 Å². The van der Waals surface area contributed by atoms with Gasteiger partial charge in [0.15, 0.2) is 0 Å². The van der Waals surface area contributed by atoms with E-state index in [9.17, 15) is 13.2 Å². The molecule has 0 amide bonds. The van der Waals surface area contributed by atoms with Gasteiger partial charge in [0.2, 0.25) is 15.6 Å². The van der Waals surface area contributed by atoms with Crippen molar-refractivity contribution in [1.82, 2.24) is 18.7 Å². The van der Waals surface area contributed by atoms with Gasteiger partial charge in [0.1, 0.15) is 0 Å². The summed E-state index contributed by atoms with van der Waals surface area (Å²) in [6.45, 7) is 2.80. The molecule has 1 atom stereocenters. The van der Waals surface area contributed by atoms with Gasteiger partial charge in [-0.3, -0.25) is 4.79 Å². The molecule has 0 N–H and O–H groups in total. The van der Waals surface area contributed by atoms with Crippen molar-refractivity contribution in [3.05, 3.63) is 124 Å². The minimum Gasteiger partial charge on any atom is -0.316 e. The van der Waals surface area contributed by atoms with E-state index in [-0.39, 0.29) is 10.5 Å². The van der Waals surface area contributed by atoms with Crippen molar-refractivity contribution < 1.29 is 8.42 Å². The molecule has 41 heavy (non-hydrogen) atoms. The standard InChI is InChI=1S/C32H29N5O3S/c1-23-16-30-26(20-34-37(30)27-10-13-31(38)35(2)21-27)17-29(23)32(18-24-6-4-3-5-7-24)14-15-36(22-32)41(39,40)28-11-8-25(19-33)9-12-28/h3-13,16-17,20-21H,14-15,18,22H2,1-2H3. The summed E-state index contributed by atoms with van der Waals surface area (Å²) in [5.41, 5.74) is 4.89. The van der Waals surface area contributed by atoms with Crippen molar-refractivity contribution in [2.24, 2.45) is 7.05 Å². The minimum absolute atomic E-state index is 0.0896. The number of hydrogen-bond donors (Lipinski definition) is 0. The highest BCUT2D eigenvalue weighted by Gasteiger charge is 2.45. The second-order valence-electron chi connectivity index (χ2n) is 10.8. The van der Waals surface area contributed by atoms with Crippen LogP contribution in [0.1, 0.15) is 28.7 Å². The van der Waals surface area contributed by atoms with Crippen LogP contribution in [0.15, 0.2) is 101 Å². The molecule has 1 fully saturated rings. The molecule has 0 saturated carbocycles. The minimum atomic E-state index is -3.75. The van der Waals surface area contributed by atoms with E-state index in [1.165, 1.54) is 22.8 Å². The normalized spacial score (nSPS) is 17.6. The molecule has 5 aromatic rings. The highest BCUT2D eigenvalue weighted by Crippen LogP contribution is 2.42. The Morgan fingerprint density at radius 2 is 1.78 bits per heavy atom. The Hall–Kier alpha value is -4.52. The molecule has 2 aromatic heterocycles. The van der Waals surface area contributed by atoms with E-state index in [0.717, 1.165) is 33.3 Å². The topological polar surface area (TPSA) is 101 Å². The van der Waals surface area contributed by atoms with Crippen LogP contribution in [0.4, 0.5) is 0 Å². The molecule has 8 nitrogen and oxygen atoms in total. The average Bonchev–Trinajstić information content (AvgIpc) is 3.60. The van der Waals surface area contributed by atoms with Crippen LogP contribution in [0.3, 0.4) is 0 Å². The summed E-state index contributed by atoms with van der Waals surface area (Å²) >= 11 is 0. The third-order valence-electron chi connectivity index (χ3n) is 8.13. The van der Waals surface area contributed by atoms with Gasteiger partial charge in [-0.1, -0.05) is 30.3 Å². The molecule has 1 aliphatic rings. The Bertz CT molecular complexity index is 1970. The highest BCUT2D eigenvalue weighted by atomic mass is 32.2. The van der Waals surface area contributed by atoms with Gasteiger partial charge in [-0.25, -0.2) is 13.1 Å². The van der Waals surface area contributed by atoms with Crippen LogP contribution in [-0.4, -0.2) is 40.2 Å². The van der Waals surface area contributed by atoms with E-state index in [0.29, 0.717) is 31.5 Å². The summed E-state index contributed by atoms with van der Waals surface area (Å²) in [5, 5.41) is 14.7. The van der Waals surface area contributed by atoms with E-state index in [2.05, 4.69) is 36.3 Å². The highest BCUT2D eigenvalue weighted by molar-refractivity contribution is 7.89. The molecule has 0 aliphatic carbocycles. The van der Waals surface area contributed by atoms with Crippen molar-refractivity contribution in [1.29, 1.82) is 5.26 Å². The second-order valence-corrected chi connectivity index (χ2v) is 12.7. The van der Waals surface area contributed by atoms with Crippen LogP contribution in [0.5, 0.6) is 0 Å². The van der Waals surface area contributed by atoms with Crippen LogP contribution in [0, 0.1) is 18.3 Å². The molecule has 0 radical (unpaired) electrons. The van der Waals surface area contributed by atoms with Crippen molar-refractivity contribution in [3.8, 4) is 11.8 Å². The van der Waals surface area contributed by atoms with Crippen LogP contribution in [0.2, 0.25) is 0 Å². The number of fused-ring (bicyclic) bond motifs is 1. The number of rotatable bonds is 6. The van der Waals surface area contributed by atoms with E-state index < -0.39 is 15.4 Å². The molecule has 1 saturated heterocycles. The van der Waals surface area contributed by atoms with E-state index in [1.54, 1.807) is 35.7 Å². The second kappa shape index (κ2) is 10.1. The van der Waals surface area contributed by atoms with Crippen LogP contribution >= 0.6 is 0 Å². The number of nitriles is 1. The predicted octanol–water partition coefficient (Wildman–Crippen LogP) is 4.48. The Labute approximate surface area is 238 Å². The summed E-state index contributed by atoms with van der Waals surface area (Å²) in [6.07, 6.45) is 4.94. The van der Waals surface area contributed by atoms with Gasteiger partial charge in [-0.15, -0.1) is 0 Å². The largest absolute Gasteiger partial charge is 0.316 e. The number of sulfonamides is 1. The van der Waals surface area contributed by atoms with Crippen LogP contribution < -0.4 is 5.56 Å². The molecule has 9 heteroatoms. The maximum atomic E-state index is 13.7. The number of aryl methyl sites for hydroxylation is 2. The lowest BCUT2D eigenvalue weighted by atomic mass is 9.73. The molecular weight excluding hydrogens is 534 g/mol. The number of benzene rings is 3. The molecule has 1 unspecified atom stereocenters. The molecule has 1 aliphatic heterocycles. The lowest BCUT2D eigenvalue weighted by molar-refractivity contribution is 0.413. The molecular formula is C32H29N5O3S. The number of hydrogen-bond acceptors (Lipinski definition) is 5. The average molecular weight is 564 g/mol. The van der Waals surface area contributed by atoms with Crippen molar-refractivity contribution in [2.45, 2.75) is 30.1 Å². The quantitative estimate of drug-likeness (QED) is 0.303. The molecule has 0 spiro atoms. The van der Waals surface area contributed by atoms with Gasteiger partial charge < -0.3 is 4.57 Å². The summed E-state index contributed by atoms with van der Waals surface area (Å²) in [4.78, 5) is 12.1. The fraction of sp³-hybridized carbons (Fsp3) is 0.219. The molecule has 6 rings (SSSR count). The van der Waals surface area contributed by atoms with E-state index >= 15 is 0 Å².